The Bertz CT molecular complexity index is 620. The van der Waals surface area contributed by atoms with Gasteiger partial charge in [0.25, 0.3) is 0 Å². The van der Waals surface area contributed by atoms with Gasteiger partial charge in [0.2, 0.25) is 0 Å². The topological polar surface area (TPSA) is 69.1 Å². The van der Waals surface area contributed by atoms with Crippen molar-refractivity contribution < 1.29 is 9.84 Å². The second-order valence-corrected chi connectivity index (χ2v) is 7.31. The van der Waals surface area contributed by atoms with Gasteiger partial charge < -0.3 is 20.5 Å². The van der Waals surface area contributed by atoms with Gasteiger partial charge in [-0.15, -0.1) is 24.0 Å². The van der Waals surface area contributed by atoms with Crippen LogP contribution in [0.4, 0.5) is 0 Å². The Morgan fingerprint density at radius 3 is 2.74 bits per heavy atom. The number of phenols is 1. The Morgan fingerprint density at radius 2 is 2.07 bits per heavy atom. The smallest absolute Gasteiger partial charge is 0.191 e. The summed E-state index contributed by atoms with van der Waals surface area (Å²) in [6.07, 6.45) is 7.42. The van der Waals surface area contributed by atoms with Crippen molar-refractivity contribution in [1.29, 1.82) is 0 Å². The molecule has 1 heterocycles. The van der Waals surface area contributed by atoms with Crippen molar-refractivity contribution in [2.75, 3.05) is 33.8 Å². The number of guanidine groups is 1. The van der Waals surface area contributed by atoms with Crippen LogP contribution >= 0.6 is 24.0 Å². The normalized spacial score (nSPS) is 21.1. The Kier molecular flexibility index (Phi) is 8.95. The molecular formula is C20H33IN4O2. The molecule has 0 radical (unpaired) electrons. The van der Waals surface area contributed by atoms with Crippen LogP contribution in [-0.4, -0.2) is 61.8 Å². The van der Waals surface area contributed by atoms with Crippen molar-refractivity contribution in [3.8, 4) is 11.5 Å². The van der Waals surface area contributed by atoms with Crippen LogP contribution in [0.1, 0.15) is 37.7 Å². The molecule has 1 saturated heterocycles. The third-order valence-electron chi connectivity index (χ3n) is 5.60. The SMILES string of the molecule is CN=C(NCCc1ccc(OC)cc1O)NC1CCN(C2CCCC2)C1.I. The van der Waals surface area contributed by atoms with Crippen molar-refractivity contribution in [3.63, 3.8) is 0 Å². The number of nitrogens with one attached hydrogen (secondary N) is 2. The summed E-state index contributed by atoms with van der Waals surface area (Å²) in [7, 11) is 3.41. The van der Waals surface area contributed by atoms with Gasteiger partial charge in [-0.2, -0.15) is 0 Å². The molecule has 0 spiro atoms. The Hall–Kier alpha value is -1.22. The predicted molar refractivity (Wildman–Crippen MR) is 121 cm³/mol. The largest absolute Gasteiger partial charge is 0.508 e. The first-order valence-corrected chi connectivity index (χ1v) is 9.76. The van der Waals surface area contributed by atoms with Crippen LogP contribution in [-0.2, 0) is 6.42 Å². The van der Waals surface area contributed by atoms with Crippen LogP contribution in [0, 0.1) is 0 Å². The average Bonchev–Trinajstić information content (AvgIpc) is 3.33. The molecular weight excluding hydrogens is 455 g/mol. The van der Waals surface area contributed by atoms with E-state index in [1.807, 2.05) is 19.2 Å². The molecule has 1 aliphatic carbocycles. The highest BCUT2D eigenvalue weighted by atomic mass is 127. The maximum atomic E-state index is 10.0. The number of phenolic OH excluding ortho intramolecular Hbond substituents is 1. The first-order valence-electron chi connectivity index (χ1n) is 9.76. The molecule has 0 bridgehead atoms. The van der Waals surface area contributed by atoms with Gasteiger partial charge in [0.05, 0.1) is 7.11 Å². The van der Waals surface area contributed by atoms with Gasteiger partial charge in [-0.05, 0) is 37.3 Å². The van der Waals surface area contributed by atoms with Gasteiger partial charge in [-0.3, -0.25) is 9.89 Å². The number of likely N-dealkylation sites (tertiary alicyclic amines) is 1. The summed E-state index contributed by atoms with van der Waals surface area (Å²) in [4.78, 5) is 6.99. The zero-order valence-electron chi connectivity index (χ0n) is 16.4. The molecule has 0 amide bonds. The first kappa shape index (κ1) is 22.1. The number of methoxy groups -OCH3 is 1. The fourth-order valence-corrected chi connectivity index (χ4v) is 4.09. The molecule has 7 heteroatoms. The lowest BCUT2D eigenvalue weighted by Crippen LogP contribution is -2.45. The molecule has 2 fully saturated rings. The van der Waals surface area contributed by atoms with Gasteiger partial charge in [0.1, 0.15) is 11.5 Å². The molecule has 1 atom stereocenters. The lowest BCUT2D eigenvalue weighted by molar-refractivity contribution is 0.242. The van der Waals surface area contributed by atoms with Crippen LogP contribution in [0.2, 0.25) is 0 Å². The summed E-state index contributed by atoms with van der Waals surface area (Å²) in [6.45, 7) is 3.03. The van der Waals surface area contributed by atoms with Gasteiger partial charge in [-0.25, -0.2) is 0 Å². The minimum absolute atomic E-state index is 0. The van der Waals surface area contributed by atoms with Crippen LogP contribution in [0.25, 0.3) is 0 Å². The lowest BCUT2D eigenvalue weighted by Gasteiger charge is -2.24. The summed E-state index contributed by atoms with van der Waals surface area (Å²) in [5.41, 5.74) is 0.905. The lowest BCUT2D eigenvalue weighted by atomic mass is 10.1. The van der Waals surface area contributed by atoms with E-state index in [0.717, 1.165) is 37.1 Å². The zero-order chi connectivity index (χ0) is 18.4. The fraction of sp³-hybridized carbons (Fsp3) is 0.650. The van der Waals surface area contributed by atoms with Crippen LogP contribution < -0.4 is 15.4 Å². The number of aromatic hydroxyl groups is 1. The van der Waals surface area contributed by atoms with Crippen molar-refractivity contribution in [1.82, 2.24) is 15.5 Å². The number of hydrogen-bond donors (Lipinski definition) is 3. The van der Waals surface area contributed by atoms with E-state index in [0.29, 0.717) is 11.8 Å². The summed E-state index contributed by atoms with van der Waals surface area (Å²) in [6, 6.07) is 6.70. The second-order valence-electron chi connectivity index (χ2n) is 7.31. The van der Waals surface area contributed by atoms with Crippen LogP contribution in [0.5, 0.6) is 11.5 Å². The quantitative estimate of drug-likeness (QED) is 0.327. The third-order valence-corrected chi connectivity index (χ3v) is 5.60. The van der Waals surface area contributed by atoms with Crippen molar-refractivity contribution in [2.24, 2.45) is 4.99 Å². The molecule has 3 rings (SSSR count). The van der Waals surface area contributed by atoms with E-state index in [1.54, 1.807) is 13.2 Å². The third kappa shape index (κ3) is 6.14. The number of halogens is 1. The molecule has 1 aliphatic heterocycles. The number of aliphatic imine (C=N–C) groups is 1. The standard InChI is InChI=1S/C20H32N4O2.HI/c1-21-20(22-11-9-15-7-8-18(26-2)13-19(15)25)23-16-10-12-24(14-16)17-5-3-4-6-17;/h7-8,13,16-17,25H,3-6,9-12,14H2,1-2H3,(H2,21,22,23);1H. The molecule has 1 aromatic carbocycles. The van der Waals surface area contributed by atoms with E-state index >= 15 is 0 Å². The first-order chi connectivity index (χ1) is 12.7. The Labute approximate surface area is 179 Å². The van der Waals surface area contributed by atoms with Crippen molar-refractivity contribution in [3.05, 3.63) is 23.8 Å². The van der Waals surface area contributed by atoms with Crippen LogP contribution in [0.15, 0.2) is 23.2 Å². The molecule has 152 valence electrons. The van der Waals surface area contributed by atoms with Gasteiger partial charge >= 0.3 is 0 Å². The minimum atomic E-state index is 0. The van der Waals surface area contributed by atoms with Gasteiger partial charge in [0.15, 0.2) is 5.96 Å². The van der Waals surface area contributed by atoms with E-state index < -0.39 is 0 Å². The molecule has 2 aliphatic rings. The average molecular weight is 488 g/mol. The van der Waals surface area contributed by atoms with E-state index in [9.17, 15) is 5.11 Å². The molecule has 1 saturated carbocycles. The highest BCUT2D eigenvalue weighted by Crippen LogP contribution is 2.26. The maximum absolute atomic E-state index is 10.0. The second kappa shape index (κ2) is 10.9. The number of nitrogens with zero attached hydrogens (tertiary/aromatic N) is 2. The number of rotatable bonds is 6. The Balaban J connectivity index is 0.00000261. The molecule has 27 heavy (non-hydrogen) atoms. The molecule has 1 aromatic rings. The van der Waals surface area contributed by atoms with E-state index in [-0.39, 0.29) is 29.7 Å². The molecule has 0 aromatic heterocycles. The molecule has 1 unspecified atom stereocenters. The number of benzene rings is 1. The summed E-state index contributed by atoms with van der Waals surface area (Å²) in [5, 5.41) is 17.0. The van der Waals surface area contributed by atoms with Gasteiger partial charge in [0, 0.05) is 44.8 Å². The molecule has 6 nitrogen and oxygen atoms in total. The Morgan fingerprint density at radius 1 is 1.30 bits per heavy atom. The van der Waals surface area contributed by atoms with E-state index in [1.165, 1.54) is 38.6 Å². The highest BCUT2D eigenvalue weighted by molar-refractivity contribution is 14.0. The molecule has 3 N–H and O–H groups in total. The highest BCUT2D eigenvalue weighted by Gasteiger charge is 2.30. The van der Waals surface area contributed by atoms with Crippen molar-refractivity contribution >= 4 is 29.9 Å². The minimum Gasteiger partial charge on any atom is -0.508 e. The van der Waals surface area contributed by atoms with Gasteiger partial charge in [-0.1, -0.05) is 18.9 Å². The van der Waals surface area contributed by atoms with Crippen LogP contribution in [0.3, 0.4) is 0 Å². The van der Waals surface area contributed by atoms with E-state index in [4.69, 9.17) is 4.74 Å². The number of ether oxygens (including phenoxy) is 1. The summed E-state index contributed by atoms with van der Waals surface area (Å²) < 4.78 is 5.12. The summed E-state index contributed by atoms with van der Waals surface area (Å²) >= 11 is 0. The maximum Gasteiger partial charge on any atom is 0.191 e. The fourth-order valence-electron chi connectivity index (χ4n) is 4.09. The predicted octanol–water partition coefficient (Wildman–Crippen LogP) is 2.74. The summed E-state index contributed by atoms with van der Waals surface area (Å²) in [5.74, 6) is 1.79. The van der Waals surface area contributed by atoms with E-state index in [2.05, 4.69) is 20.5 Å². The zero-order valence-corrected chi connectivity index (χ0v) is 18.7. The number of hydrogen-bond acceptors (Lipinski definition) is 4. The monoisotopic (exact) mass is 488 g/mol. The van der Waals surface area contributed by atoms with Crippen molar-refractivity contribution in [2.45, 2.75) is 50.6 Å².